The van der Waals surface area contributed by atoms with Crippen LogP contribution in [-0.4, -0.2) is 76.9 Å². The molecule has 3 fully saturated rings. The van der Waals surface area contributed by atoms with Crippen LogP contribution in [0, 0.1) is 5.82 Å². The van der Waals surface area contributed by atoms with Gasteiger partial charge in [-0.05, 0) is 57.0 Å². The highest BCUT2D eigenvalue weighted by Gasteiger charge is 2.41. The number of amides is 1. The normalized spacial score (nSPS) is 28.8. The molecule has 4 heterocycles. The molecule has 1 amide bonds. The Morgan fingerprint density at radius 1 is 1.04 bits per heavy atom. The fourth-order valence-corrected chi connectivity index (χ4v) is 5.37. The number of benzene rings is 1. The second-order valence-electron chi connectivity index (χ2n) is 8.56. The summed E-state index contributed by atoms with van der Waals surface area (Å²) < 4.78 is 13.5. The largest absolute Gasteiger partial charge is 0.336 e. The molecule has 1 aromatic heterocycles. The van der Waals surface area contributed by atoms with Crippen molar-refractivity contribution in [3.05, 3.63) is 41.8 Å². The molecule has 0 saturated carbocycles. The number of halogens is 1. The van der Waals surface area contributed by atoms with Gasteiger partial charge in [-0.2, -0.15) is 0 Å². The molecule has 3 aliphatic rings. The van der Waals surface area contributed by atoms with Crippen LogP contribution in [0.25, 0.3) is 10.9 Å². The van der Waals surface area contributed by atoms with E-state index in [2.05, 4.69) is 21.8 Å². The number of fused-ring (bicyclic) bond motifs is 3. The van der Waals surface area contributed by atoms with Gasteiger partial charge in [-0.15, -0.1) is 0 Å². The highest BCUT2D eigenvalue weighted by molar-refractivity contribution is 5.97. The predicted molar refractivity (Wildman–Crippen MR) is 107 cm³/mol. The molecule has 0 N–H and O–H groups in total. The Hall–Kier alpha value is -2.05. The molecule has 148 valence electrons. The lowest BCUT2D eigenvalue weighted by Crippen LogP contribution is -2.55. The fourth-order valence-electron chi connectivity index (χ4n) is 5.37. The number of carbonyl (C=O) groups excluding carboxylic acids is 1. The first-order chi connectivity index (χ1) is 13.6. The molecular weight excluding hydrogens is 355 g/mol. The van der Waals surface area contributed by atoms with Crippen LogP contribution < -0.4 is 0 Å². The summed E-state index contributed by atoms with van der Waals surface area (Å²) >= 11 is 0. The molecule has 0 radical (unpaired) electrons. The van der Waals surface area contributed by atoms with Crippen LogP contribution in [0.2, 0.25) is 0 Å². The van der Waals surface area contributed by atoms with Crippen LogP contribution >= 0.6 is 0 Å². The first kappa shape index (κ1) is 18.0. The van der Waals surface area contributed by atoms with Gasteiger partial charge in [-0.1, -0.05) is 0 Å². The number of carbonyl (C=O) groups is 1. The van der Waals surface area contributed by atoms with Crippen molar-refractivity contribution in [1.29, 1.82) is 0 Å². The summed E-state index contributed by atoms with van der Waals surface area (Å²) in [4.78, 5) is 24.4. The number of hydrogen-bond acceptors (Lipinski definition) is 4. The monoisotopic (exact) mass is 382 g/mol. The zero-order chi connectivity index (χ0) is 19.3. The molecule has 6 heteroatoms. The smallest absolute Gasteiger partial charge is 0.255 e. The van der Waals surface area contributed by atoms with Gasteiger partial charge >= 0.3 is 0 Å². The molecule has 2 aromatic rings. The number of nitrogens with zero attached hydrogens (tertiary/aromatic N) is 4. The molecule has 3 saturated heterocycles. The molecule has 0 spiro atoms. The van der Waals surface area contributed by atoms with Crippen molar-refractivity contribution in [2.45, 2.75) is 43.8 Å². The second kappa shape index (κ2) is 7.08. The van der Waals surface area contributed by atoms with E-state index in [9.17, 15) is 9.18 Å². The van der Waals surface area contributed by atoms with Crippen molar-refractivity contribution in [2.24, 2.45) is 0 Å². The first-order valence-corrected chi connectivity index (χ1v) is 10.4. The lowest BCUT2D eigenvalue weighted by atomic mass is 9.96. The predicted octanol–water partition coefficient (Wildman–Crippen LogP) is 2.76. The second-order valence-corrected chi connectivity index (χ2v) is 8.56. The molecule has 0 aliphatic carbocycles. The summed E-state index contributed by atoms with van der Waals surface area (Å²) in [5, 5.41) is 0.672. The van der Waals surface area contributed by atoms with Gasteiger partial charge in [-0.25, -0.2) is 4.39 Å². The minimum atomic E-state index is -0.306. The van der Waals surface area contributed by atoms with Crippen LogP contribution in [0.3, 0.4) is 0 Å². The zero-order valence-corrected chi connectivity index (χ0v) is 16.4. The summed E-state index contributed by atoms with van der Waals surface area (Å²) in [6, 6.07) is 8.38. The summed E-state index contributed by atoms with van der Waals surface area (Å²) in [6.07, 6.45) is 6.82. The van der Waals surface area contributed by atoms with Crippen LogP contribution in [0.4, 0.5) is 4.39 Å². The third kappa shape index (κ3) is 3.18. The number of piperidine rings is 1. The molecule has 2 unspecified atom stereocenters. The van der Waals surface area contributed by atoms with Crippen molar-refractivity contribution in [3.8, 4) is 0 Å². The van der Waals surface area contributed by atoms with Gasteiger partial charge < -0.3 is 9.80 Å². The Bertz CT molecular complexity index is 881. The summed E-state index contributed by atoms with van der Waals surface area (Å²) in [5.41, 5.74) is 1.25. The number of hydrogen-bond donors (Lipinski definition) is 0. The molecule has 28 heavy (non-hydrogen) atoms. The third-order valence-electron chi connectivity index (χ3n) is 7.08. The van der Waals surface area contributed by atoms with Crippen LogP contribution in [0.5, 0.6) is 0 Å². The maximum Gasteiger partial charge on any atom is 0.255 e. The van der Waals surface area contributed by atoms with Crippen molar-refractivity contribution in [2.75, 3.05) is 33.2 Å². The van der Waals surface area contributed by atoms with Crippen molar-refractivity contribution >= 4 is 16.8 Å². The van der Waals surface area contributed by atoms with Crippen LogP contribution in [0.1, 0.15) is 36.0 Å². The van der Waals surface area contributed by atoms with E-state index in [4.69, 9.17) is 0 Å². The van der Waals surface area contributed by atoms with E-state index in [-0.39, 0.29) is 11.7 Å². The maximum absolute atomic E-state index is 13.5. The SMILES string of the molecule is CN1C2CCC1CC(N1CCN(C(=O)c3cnc4ccc(F)cc4c3)CC1)C2. The standard InChI is InChI=1S/C22H27FN4O/c1-25-18-3-4-19(25)13-20(12-18)26-6-8-27(9-7-26)22(28)16-10-15-11-17(23)2-5-21(15)24-14-16/h2,5,10-11,14,18-20H,3-4,6-9,12-13H2,1H3. The Kier molecular flexibility index (Phi) is 4.56. The van der Waals surface area contributed by atoms with Gasteiger partial charge in [0.1, 0.15) is 5.82 Å². The average molecular weight is 382 g/mol. The van der Waals surface area contributed by atoms with E-state index in [0.717, 1.165) is 38.3 Å². The van der Waals surface area contributed by atoms with Gasteiger partial charge in [0.05, 0.1) is 11.1 Å². The third-order valence-corrected chi connectivity index (χ3v) is 7.08. The lowest BCUT2D eigenvalue weighted by molar-refractivity contribution is 0.0343. The van der Waals surface area contributed by atoms with Crippen molar-refractivity contribution in [1.82, 2.24) is 19.7 Å². The first-order valence-electron chi connectivity index (χ1n) is 10.4. The summed E-state index contributed by atoms with van der Waals surface area (Å²) in [7, 11) is 2.28. The fraction of sp³-hybridized carbons (Fsp3) is 0.545. The van der Waals surface area contributed by atoms with Crippen molar-refractivity contribution < 1.29 is 9.18 Å². The Balaban J connectivity index is 1.24. The Labute approximate surface area is 165 Å². The van der Waals surface area contributed by atoms with Gasteiger partial charge in [0.15, 0.2) is 0 Å². The maximum atomic E-state index is 13.5. The van der Waals surface area contributed by atoms with E-state index >= 15 is 0 Å². The molecule has 1 aromatic carbocycles. The van der Waals surface area contributed by atoms with Gasteiger partial charge in [-0.3, -0.25) is 14.7 Å². The highest BCUT2D eigenvalue weighted by atomic mass is 19.1. The van der Waals surface area contributed by atoms with E-state index < -0.39 is 0 Å². The molecule has 5 nitrogen and oxygen atoms in total. The highest BCUT2D eigenvalue weighted by Crippen LogP contribution is 2.36. The summed E-state index contributed by atoms with van der Waals surface area (Å²) in [5.74, 6) is -0.304. The van der Waals surface area contributed by atoms with Gasteiger partial charge in [0.25, 0.3) is 5.91 Å². The number of rotatable bonds is 2. The summed E-state index contributed by atoms with van der Waals surface area (Å²) in [6.45, 7) is 3.38. The molecule has 3 aliphatic heterocycles. The van der Waals surface area contributed by atoms with E-state index in [1.807, 2.05) is 4.90 Å². The van der Waals surface area contributed by atoms with Crippen LogP contribution in [-0.2, 0) is 0 Å². The minimum absolute atomic E-state index is 0.00163. The van der Waals surface area contributed by atoms with Crippen LogP contribution in [0.15, 0.2) is 30.5 Å². The molecular formula is C22H27FN4O. The average Bonchev–Trinajstić information content (AvgIpc) is 2.93. The quantitative estimate of drug-likeness (QED) is 0.801. The minimum Gasteiger partial charge on any atom is -0.336 e. The number of aromatic nitrogens is 1. The Morgan fingerprint density at radius 2 is 1.75 bits per heavy atom. The molecule has 2 atom stereocenters. The zero-order valence-electron chi connectivity index (χ0n) is 16.4. The van der Waals surface area contributed by atoms with E-state index in [1.165, 1.54) is 37.8 Å². The van der Waals surface area contributed by atoms with E-state index in [1.54, 1.807) is 18.3 Å². The van der Waals surface area contributed by atoms with Crippen molar-refractivity contribution in [3.63, 3.8) is 0 Å². The topological polar surface area (TPSA) is 39.7 Å². The van der Waals surface area contributed by atoms with E-state index in [0.29, 0.717) is 22.5 Å². The van der Waals surface area contributed by atoms with Gasteiger partial charge in [0.2, 0.25) is 0 Å². The Morgan fingerprint density at radius 3 is 2.46 bits per heavy atom. The molecule has 5 rings (SSSR count). The lowest BCUT2D eigenvalue weighted by Gasteiger charge is -2.45. The number of piperazine rings is 1. The number of pyridine rings is 1. The van der Waals surface area contributed by atoms with Gasteiger partial charge in [0, 0.05) is 55.9 Å². The molecule has 2 bridgehead atoms.